The second kappa shape index (κ2) is 14.8. The van der Waals surface area contributed by atoms with Gasteiger partial charge >= 0.3 is 11.9 Å². The maximum Gasteiger partial charge on any atom is 0.319 e. The number of rotatable bonds is 15. The first-order valence-corrected chi connectivity index (χ1v) is 14.0. The lowest BCUT2D eigenvalue weighted by atomic mass is 10.1. The highest BCUT2D eigenvalue weighted by molar-refractivity contribution is 8.68. The molecule has 166 valence electrons. The molecule has 0 amide bonds. The van der Waals surface area contributed by atoms with Gasteiger partial charge in [-0.05, 0) is 36.5 Å². The Kier molecular flexibility index (Phi) is 14.7. The first kappa shape index (κ1) is 27.9. The number of unbranched alkanes of at least 4 members (excludes halogenated alkanes) is 1. The summed E-state index contributed by atoms with van der Waals surface area (Å²) in [7, 11) is 1.34. The Morgan fingerprint density at radius 1 is 1.00 bits per heavy atom. The third kappa shape index (κ3) is 12.4. The van der Waals surface area contributed by atoms with E-state index in [9.17, 15) is 9.59 Å². The van der Waals surface area contributed by atoms with Gasteiger partial charge in [0.2, 0.25) is 5.69 Å². The summed E-state index contributed by atoms with van der Waals surface area (Å²) in [6.07, 6.45) is 1.98. The third-order valence-electron chi connectivity index (χ3n) is 3.56. The lowest BCUT2D eigenvalue weighted by Gasteiger charge is -2.27. The van der Waals surface area contributed by atoms with Crippen LogP contribution in [0.4, 0.5) is 0 Å². The van der Waals surface area contributed by atoms with Crippen LogP contribution in [0.1, 0.15) is 60.8 Å². The average molecular weight is 457 g/mol. The van der Waals surface area contributed by atoms with E-state index in [1.165, 1.54) is 18.5 Å². The van der Waals surface area contributed by atoms with Gasteiger partial charge in [-0.15, -0.1) is 0 Å². The molecule has 9 heteroatoms. The predicted molar refractivity (Wildman–Crippen MR) is 119 cm³/mol. The van der Waals surface area contributed by atoms with E-state index < -0.39 is 16.9 Å². The monoisotopic (exact) mass is 456 g/mol. The molecule has 2 atom stereocenters. The van der Waals surface area contributed by atoms with Crippen LogP contribution >= 0.6 is 17.1 Å². The van der Waals surface area contributed by atoms with E-state index >= 15 is 0 Å². The van der Waals surface area contributed by atoms with E-state index in [4.69, 9.17) is 30.3 Å². The molecule has 0 aliphatic carbocycles. The summed E-state index contributed by atoms with van der Waals surface area (Å²) < 4.78 is 22.1. The third-order valence-corrected chi connectivity index (χ3v) is 8.97. The quantitative estimate of drug-likeness (QED) is 0.189. The number of esters is 2. The Bertz CT molecular complexity index is 497. The molecule has 0 aromatic heterocycles. The van der Waals surface area contributed by atoms with Crippen LogP contribution in [0.3, 0.4) is 0 Å². The van der Waals surface area contributed by atoms with Crippen molar-refractivity contribution in [1.82, 2.24) is 0 Å². The predicted octanol–water partition coefficient (Wildman–Crippen LogP) is 5.20. The fourth-order valence-corrected chi connectivity index (χ4v) is 7.43. The average Bonchev–Trinajstić information content (AvgIpc) is 2.63. The van der Waals surface area contributed by atoms with Crippen LogP contribution in [0, 0.1) is 17.8 Å². The molecular weight excluding hydrogens is 419 g/mol. The molecule has 0 saturated carbocycles. The van der Waals surface area contributed by atoms with Crippen molar-refractivity contribution in [2.75, 3.05) is 26.9 Å². The van der Waals surface area contributed by atoms with Gasteiger partial charge in [-0.1, -0.05) is 59.3 Å². The maximum atomic E-state index is 12.7. The summed E-state index contributed by atoms with van der Waals surface area (Å²) in [6.45, 7) is 13.1. The Labute approximate surface area is 179 Å². The number of carbonyl (C=O) groups excluding carboxylic acids is 2. The molecule has 0 rings (SSSR count). The molecule has 0 fully saturated rings. The first-order valence-electron chi connectivity index (χ1n) is 9.86. The molecule has 0 radical (unpaired) electrons. The summed E-state index contributed by atoms with van der Waals surface area (Å²) in [5.41, 5.74) is -2.77. The van der Waals surface area contributed by atoms with Crippen LogP contribution in [0.25, 0.3) is 0 Å². The van der Waals surface area contributed by atoms with Crippen molar-refractivity contribution in [2.24, 2.45) is 17.8 Å². The Morgan fingerprint density at radius 3 is 1.96 bits per heavy atom. The van der Waals surface area contributed by atoms with E-state index in [2.05, 4.69) is 0 Å². The SMILES string of the molecule is CCCCOC(=O)C(CC(C)C(=O)OC)SP(=S)(OCC(C)C)OCC(C)C. The van der Waals surface area contributed by atoms with Crippen LogP contribution in [-0.4, -0.2) is 44.1 Å². The standard InChI is InChI=1S/C19H37O6PS2/c1-8-9-10-23-19(21)17(11-16(6)18(20)22-7)28-26(27,24-12-14(2)3)25-13-15(4)5/h14-17H,8-13H2,1-7H3. The van der Waals surface area contributed by atoms with Gasteiger partial charge < -0.3 is 18.5 Å². The number of hydrogen-bond acceptors (Lipinski definition) is 8. The van der Waals surface area contributed by atoms with E-state index in [0.29, 0.717) is 19.8 Å². The van der Waals surface area contributed by atoms with Gasteiger partial charge in [0.1, 0.15) is 5.25 Å². The maximum absolute atomic E-state index is 12.7. The molecule has 0 heterocycles. The van der Waals surface area contributed by atoms with E-state index in [1.807, 2.05) is 34.6 Å². The smallest absolute Gasteiger partial charge is 0.319 e. The molecule has 0 N–H and O–H groups in total. The van der Waals surface area contributed by atoms with Gasteiger partial charge in [0.15, 0.2) is 0 Å². The number of carbonyl (C=O) groups is 2. The van der Waals surface area contributed by atoms with Gasteiger partial charge in [0, 0.05) is 0 Å². The second-order valence-electron chi connectivity index (χ2n) is 7.60. The zero-order valence-electron chi connectivity index (χ0n) is 18.3. The van der Waals surface area contributed by atoms with Crippen LogP contribution < -0.4 is 0 Å². The van der Waals surface area contributed by atoms with Crippen molar-refractivity contribution < 1.29 is 28.1 Å². The fourth-order valence-electron chi connectivity index (χ4n) is 1.95. The van der Waals surface area contributed by atoms with Crippen LogP contribution in [-0.2, 0) is 39.9 Å². The molecule has 0 spiro atoms. The molecular formula is C19H37O6PS2. The highest BCUT2D eigenvalue weighted by atomic mass is 32.9. The molecule has 0 aliphatic rings. The topological polar surface area (TPSA) is 71.1 Å². The van der Waals surface area contributed by atoms with Gasteiger partial charge in [-0.25, -0.2) is 0 Å². The summed E-state index contributed by atoms with van der Waals surface area (Å²) in [6, 6.07) is 0. The minimum Gasteiger partial charge on any atom is -0.469 e. The fraction of sp³-hybridized carbons (Fsp3) is 0.895. The summed E-state index contributed by atoms with van der Waals surface area (Å²) in [5.74, 6) is -0.639. The zero-order chi connectivity index (χ0) is 21.7. The summed E-state index contributed by atoms with van der Waals surface area (Å²) in [4.78, 5) is 24.5. The molecule has 2 unspecified atom stereocenters. The molecule has 0 saturated heterocycles. The number of ether oxygens (including phenoxy) is 2. The van der Waals surface area contributed by atoms with Crippen molar-refractivity contribution in [1.29, 1.82) is 0 Å². The Hall–Kier alpha value is -0.140. The van der Waals surface area contributed by atoms with Gasteiger partial charge in [-0.3, -0.25) is 9.59 Å². The van der Waals surface area contributed by atoms with E-state index in [0.717, 1.165) is 12.8 Å². The Balaban J connectivity index is 5.37. The van der Waals surface area contributed by atoms with E-state index in [1.54, 1.807) is 6.92 Å². The zero-order valence-corrected chi connectivity index (χ0v) is 20.8. The van der Waals surface area contributed by atoms with Crippen molar-refractivity contribution in [3.8, 4) is 0 Å². The van der Waals surface area contributed by atoms with Crippen LogP contribution in [0.15, 0.2) is 0 Å². The van der Waals surface area contributed by atoms with Gasteiger partial charge in [0.25, 0.3) is 0 Å². The van der Waals surface area contributed by atoms with Crippen molar-refractivity contribution in [2.45, 2.75) is 66.1 Å². The van der Waals surface area contributed by atoms with Crippen LogP contribution in [0.2, 0.25) is 0 Å². The molecule has 0 aromatic rings. The van der Waals surface area contributed by atoms with Crippen molar-refractivity contribution >= 4 is 40.8 Å². The minimum atomic E-state index is -2.77. The summed E-state index contributed by atoms with van der Waals surface area (Å²) in [5, 5.41) is -0.642. The summed E-state index contributed by atoms with van der Waals surface area (Å²) >= 11 is 6.92. The molecule has 28 heavy (non-hydrogen) atoms. The second-order valence-corrected chi connectivity index (χ2v) is 14.0. The number of hydrogen-bond donors (Lipinski definition) is 0. The van der Waals surface area contributed by atoms with Crippen molar-refractivity contribution in [3.05, 3.63) is 0 Å². The molecule has 0 aliphatic heterocycles. The minimum absolute atomic E-state index is 0.261. The van der Waals surface area contributed by atoms with Crippen molar-refractivity contribution in [3.63, 3.8) is 0 Å². The highest BCUT2D eigenvalue weighted by Crippen LogP contribution is 2.63. The van der Waals surface area contributed by atoms with E-state index in [-0.39, 0.29) is 30.2 Å². The molecule has 6 nitrogen and oxygen atoms in total. The molecule has 0 aromatic carbocycles. The highest BCUT2D eigenvalue weighted by Gasteiger charge is 2.34. The number of methoxy groups -OCH3 is 1. The first-order chi connectivity index (χ1) is 13.0. The lowest BCUT2D eigenvalue weighted by Crippen LogP contribution is -2.26. The largest absolute Gasteiger partial charge is 0.469 e. The molecule has 0 bridgehead atoms. The lowest BCUT2D eigenvalue weighted by molar-refractivity contribution is -0.146. The van der Waals surface area contributed by atoms with Crippen LogP contribution in [0.5, 0.6) is 0 Å². The Morgan fingerprint density at radius 2 is 1.54 bits per heavy atom. The van der Waals surface area contributed by atoms with Gasteiger partial charge in [0.05, 0.1) is 32.8 Å². The van der Waals surface area contributed by atoms with Gasteiger partial charge in [-0.2, -0.15) is 0 Å². The normalized spacial score (nSPS) is 14.2.